The molecular weight excluding hydrogens is 240 g/mol. The van der Waals surface area contributed by atoms with Crippen molar-refractivity contribution in [3.8, 4) is 5.75 Å². The van der Waals surface area contributed by atoms with Gasteiger partial charge in [0, 0.05) is 13.1 Å². The molecule has 0 saturated carbocycles. The van der Waals surface area contributed by atoms with Crippen LogP contribution >= 0.6 is 0 Å². The maximum atomic E-state index is 11.5. The first-order chi connectivity index (χ1) is 8.97. The highest BCUT2D eigenvalue weighted by Gasteiger charge is 2.02. The lowest BCUT2D eigenvalue weighted by Crippen LogP contribution is -2.36. The van der Waals surface area contributed by atoms with Crippen molar-refractivity contribution in [2.75, 3.05) is 6.54 Å². The Balaban J connectivity index is 2.35. The molecule has 0 heterocycles. The molecule has 4 heteroatoms. The molecular formula is C15H24N2O2. The van der Waals surface area contributed by atoms with E-state index in [-0.39, 0.29) is 12.1 Å². The molecule has 0 fully saturated rings. The quantitative estimate of drug-likeness (QED) is 0.830. The molecule has 2 amide bonds. The number of rotatable bonds is 6. The van der Waals surface area contributed by atoms with Gasteiger partial charge < -0.3 is 15.4 Å². The third-order valence-electron chi connectivity index (χ3n) is 2.42. The Hall–Kier alpha value is -1.71. The van der Waals surface area contributed by atoms with Gasteiger partial charge in [-0.1, -0.05) is 26.0 Å². The Labute approximate surface area is 115 Å². The lowest BCUT2D eigenvalue weighted by molar-refractivity contribution is 0.239. The maximum absolute atomic E-state index is 11.5. The molecule has 106 valence electrons. The summed E-state index contributed by atoms with van der Waals surface area (Å²) in [5.74, 6) is 1.31. The number of hydrogen-bond acceptors (Lipinski definition) is 2. The minimum Gasteiger partial charge on any atom is -0.491 e. The van der Waals surface area contributed by atoms with Gasteiger partial charge >= 0.3 is 6.03 Å². The van der Waals surface area contributed by atoms with Crippen LogP contribution in [0.3, 0.4) is 0 Å². The van der Waals surface area contributed by atoms with Gasteiger partial charge in [0.25, 0.3) is 0 Å². The predicted octanol–water partition coefficient (Wildman–Crippen LogP) is 2.93. The van der Waals surface area contributed by atoms with Gasteiger partial charge in [-0.25, -0.2) is 4.79 Å². The number of hydrogen-bond donors (Lipinski definition) is 2. The summed E-state index contributed by atoms with van der Waals surface area (Å²) in [7, 11) is 0. The van der Waals surface area contributed by atoms with E-state index in [4.69, 9.17) is 4.74 Å². The highest BCUT2D eigenvalue weighted by atomic mass is 16.5. The molecule has 4 nitrogen and oxygen atoms in total. The van der Waals surface area contributed by atoms with E-state index < -0.39 is 0 Å². The highest BCUT2D eigenvalue weighted by Crippen LogP contribution is 2.13. The van der Waals surface area contributed by atoms with Gasteiger partial charge in [0.15, 0.2) is 0 Å². The van der Waals surface area contributed by atoms with Crippen molar-refractivity contribution >= 4 is 6.03 Å². The van der Waals surface area contributed by atoms with Crippen molar-refractivity contribution in [1.82, 2.24) is 10.6 Å². The largest absolute Gasteiger partial charge is 0.491 e. The van der Waals surface area contributed by atoms with Gasteiger partial charge in [-0.2, -0.15) is 0 Å². The van der Waals surface area contributed by atoms with E-state index in [2.05, 4.69) is 24.5 Å². The van der Waals surface area contributed by atoms with E-state index in [1.54, 1.807) is 0 Å². The van der Waals surface area contributed by atoms with E-state index in [0.717, 1.165) is 11.3 Å². The first-order valence-electron chi connectivity index (χ1n) is 6.74. The number of ether oxygens (including phenoxy) is 1. The van der Waals surface area contributed by atoms with Gasteiger partial charge in [-0.05, 0) is 37.5 Å². The van der Waals surface area contributed by atoms with E-state index in [9.17, 15) is 4.79 Å². The van der Waals surface area contributed by atoms with Crippen molar-refractivity contribution in [3.63, 3.8) is 0 Å². The van der Waals surface area contributed by atoms with Crippen LogP contribution in [0.4, 0.5) is 4.79 Å². The Morgan fingerprint density at radius 1 is 1.11 bits per heavy atom. The molecule has 0 aromatic heterocycles. The molecule has 19 heavy (non-hydrogen) atoms. The summed E-state index contributed by atoms with van der Waals surface area (Å²) in [6.45, 7) is 9.32. The number of benzene rings is 1. The third kappa shape index (κ3) is 6.70. The average molecular weight is 264 g/mol. The fourth-order valence-electron chi connectivity index (χ4n) is 1.50. The normalized spacial score (nSPS) is 10.6. The topological polar surface area (TPSA) is 50.4 Å². The summed E-state index contributed by atoms with van der Waals surface area (Å²) in [5.41, 5.74) is 1.05. The van der Waals surface area contributed by atoms with Gasteiger partial charge in [-0.15, -0.1) is 0 Å². The zero-order chi connectivity index (χ0) is 14.3. The van der Waals surface area contributed by atoms with E-state index in [1.165, 1.54) is 0 Å². The number of nitrogens with one attached hydrogen (secondary N) is 2. The summed E-state index contributed by atoms with van der Waals surface area (Å²) in [6, 6.07) is 7.63. The first kappa shape index (κ1) is 15.3. The lowest BCUT2D eigenvalue weighted by Gasteiger charge is -2.11. The molecule has 0 atom stereocenters. The van der Waals surface area contributed by atoms with E-state index >= 15 is 0 Å². The molecule has 1 aromatic carbocycles. The second kappa shape index (κ2) is 7.67. The second-order valence-electron chi connectivity index (χ2n) is 5.27. The van der Waals surface area contributed by atoms with Gasteiger partial charge in [-0.3, -0.25) is 0 Å². The minimum atomic E-state index is -0.129. The summed E-state index contributed by atoms with van der Waals surface area (Å²) < 4.78 is 5.56. The van der Waals surface area contributed by atoms with Crippen LogP contribution in [-0.4, -0.2) is 18.7 Å². The summed E-state index contributed by atoms with van der Waals surface area (Å²) in [4.78, 5) is 11.5. The number of carbonyl (C=O) groups is 1. The van der Waals surface area contributed by atoms with Crippen molar-refractivity contribution in [1.29, 1.82) is 0 Å². The second-order valence-corrected chi connectivity index (χ2v) is 5.27. The van der Waals surface area contributed by atoms with Crippen LogP contribution < -0.4 is 15.4 Å². The molecule has 0 radical (unpaired) electrons. The molecule has 0 unspecified atom stereocenters. The van der Waals surface area contributed by atoms with Crippen LogP contribution in [0.2, 0.25) is 0 Å². The standard InChI is InChI=1S/C15H24N2O2/c1-11(2)9-16-15(18)17-10-13-5-7-14(8-6-13)19-12(3)4/h5-8,11-12H,9-10H2,1-4H3,(H2,16,17,18). The zero-order valence-corrected chi connectivity index (χ0v) is 12.2. The first-order valence-corrected chi connectivity index (χ1v) is 6.74. The fraction of sp³-hybridized carbons (Fsp3) is 0.533. The van der Waals surface area contributed by atoms with E-state index in [0.29, 0.717) is 19.0 Å². The smallest absolute Gasteiger partial charge is 0.315 e. The highest BCUT2D eigenvalue weighted by molar-refractivity contribution is 5.73. The summed E-state index contributed by atoms with van der Waals surface area (Å²) in [6.07, 6.45) is 0.172. The molecule has 1 aromatic rings. The van der Waals surface area contributed by atoms with Crippen LogP contribution in [0, 0.1) is 5.92 Å². The average Bonchev–Trinajstić information content (AvgIpc) is 2.35. The van der Waals surface area contributed by atoms with Gasteiger partial charge in [0.05, 0.1) is 6.10 Å². The van der Waals surface area contributed by atoms with Crippen LogP contribution in [-0.2, 0) is 6.54 Å². The number of carbonyl (C=O) groups excluding carboxylic acids is 1. The maximum Gasteiger partial charge on any atom is 0.315 e. The molecule has 0 saturated heterocycles. The van der Waals surface area contributed by atoms with Crippen molar-refractivity contribution in [3.05, 3.63) is 29.8 Å². The summed E-state index contributed by atoms with van der Waals surface area (Å²) >= 11 is 0. The molecule has 0 spiro atoms. The van der Waals surface area contributed by atoms with Crippen LogP contribution in [0.1, 0.15) is 33.3 Å². The van der Waals surface area contributed by atoms with Gasteiger partial charge in [0.2, 0.25) is 0 Å². The minimum absolute atomic E-state index is 0.129. The van der Waals surface area contributed by atoms with Gasteiger partial charge in [0.1, 0.15) is 5.75 Å². The predicted molar refractivity (Wildman–Crippen MR) is 77.3 cm³/mol. The molecule has 0 aliphatic carbocycles. The number of urea groups is 1. The SMILES string of the molecule is CC(C)CNC(=O)NCc1ccc(OC(C)C)cc1. The van der Waals surface area contributed by atoms with Crippen molar-refractivity contribution in [2.24, 2.45) is 5.92 Å². The van der Waals surface area contributed by atoms with E-state index in [1.807, 2.05) is 38.1 Å². The molecule has 2 N–H and O–H groups in total. The van der Waals surface area contributed by atoms with Crippen LogP contribution in [0.5, 0.6) is 5.75 Å². The molecule has 0 aliphatic heterocycles. The van der Waals surface area contributed by atoms with Crippen molar-refractivity contribution < 1.29 is 9.53 Å². The van der Waals surface area contributed by atoms with Crippen molar-refractivity contribution in [2.45, 2.75) is 40.3 Å². The van der Waals surface area contributed by atoms with Crippen LogP contribution in [0.25, 0.3) is 0 Å². The molecule has 1 rings (SSSR count). The Kier molecular flexibility index (Phi) is 6.19. The Morgan fingerprint density at radius 2 is 1.74 bits per heavy atom. The molecule has 0 bridgehead atoms. The summed E-state index contributed by atoms with van der Waals surface area (Å²) in [5, 5.41) is 5.64. The third-order valence-corrected chi connectivity index (χ3v) is 2.42. The molecule has 0 aliphatic rings. The fourth-order valence-corrected chi connectivity index (χ4v) is 1.50. The zero-order valence-electron chi connectivity index (χ0n) is 12.2. The Bertz CT molecular complexity index is 386. The lowest BCUT2D eigenvalue weighted by atomic mass is 10.2. The van der Waals surface area contributed by atoms with Crippen LogP contribution in [0.15, 0.2) is 24.3 Å². The Morgan fingerprint density at radius 3 is 2.26 bits per heavy atom. The number of amides is 2. The monoisotopic (exact) mass is 264 g/mol.